The number of halogens is 4. The Morgan fingerprint density at radius 1 is 1.21 bits per heavy atom. The Kier molecular flexibility index (Phi) is 4.06. The smallest absolute Gasteiger partial charge is 0.275 e. The van der Waals surface area contributed by atoms with Crippen LogP contribution in [0, 0.1) is 11.6 Å². The maximum atomic E-state index is 13.4. The number of hydrogen-bond acceptors (Lipinski definition) is 3. The average Bonchev–Trinajstić information content (AvgIpc) is 2.36. The molecule has 0 aliphatic heterocycles. The number of rotatable bonds is 2. The molecule has 2 aromatic rings. The Balaban J connectivity index is 2.24. The lowest BCUT2D eigenvalue weighted by Gasteiger charge is -2.06. The summed E-state index contributed by atoms with van der Waals surface area (Å²) < 4.78 is 26.5. The van der Waals surface area contributed by atoms with Gasteiger partial charge in [0.15, 0.2) is 0 Å². The minimum atomic E-state index is -0.893. The standard InChI is InChI=1S/C11H5BrClF2N3O/c12-5-1-8(7(15)2-6(5)14)18-11(19)9-3-17-10(13)4-16-9/h1-4H,(H,18,19). The molecular formula is C11H5BrClF2N3O. The van der Waals surface area contributed by atoms with E-state index in [4.69, 9.17) is 11.6 Å². The van der Waals surface area contributed by atoms with Crippen molar-refractivity contribution in [3.05, 3.63) is 51.5 Å². The van der Waals surface area contributed by atoms with Gasteiger partial charge in [0, 0.05) is 6.07 Å². The first-order valence-corrected chi connectivity index (χ1v) is 6.08. The summed E-state index contributed by atoms with van der Waals surface area (Å²) in [4.78, 5) is 19.1. The molecule has 4 nitrogen and oxygen atoms in total. The van der Waals surface area contributed by atoms with Gasteiger partial charge in [0.1, 0.15) is 22.5 Å². The van der Waals surface area contributed by atoms with E-state index in [-0.39, 0.29) is 21.0 Å². The highest BCUT2D eigenvalue weighted by Gasteiger charge is 2.13. The SMILES string of the molecule is O=C(Nc1cc(Br)c(F)cc1F)c1cnc(Cl)cn1. The number of anilines is 1. The number of carbonyl (C=O) groups is 1. The van der Waals surface area contributed by atoms with Crippen LogP contribution in [0.3, 0.4) is 0 Å². The van der Waals surface area contributed by atoms with Crippen molar-refractivity contribution >= 4 is 39.1 Å². The van der Waals surface area contributed by atoms with E-state index in [0.29, 0.717) is 6.07 Å². The van der Waals surface area contributed by atoms with Crippen LogP contribution in [0.1, 0.15) is 10.5 Å². The van der Waals surface area contributed by atoms with E-state index < -0.39 is 17.5 Å². The molecule has 0 unspecified atom stereocenters. The van der Waals surface area contributed by atoms with Gasteiger partial charge in [-0.25, -0.2) is 18.7 Å². The fourth-order valence-corrected chi connectivity index (χ4v) is 1.68. The molecule has 1 aromatic carbocycles. The van der Waals surface area contributed by atoms with Gasteiger partial charge in [-0.3, -0.25) is 4.79 Å². The normalized spacial score (nSPS) is 10.3. The van der Waals surface area contributed by atoms with Crippen molar-refractivity contribution in [3.8, 4) is 0 Å². The highest BCUT2D eigenvalue weighted by molar-refractivity contribution is 9.10. The number of nitrogens with zero attached hydrogens (tertiary/aromatic N) is 2. The summed E-state index contributed by atoms with van der Waals surface area (Å²) in [6.07, 6.45) is 2.33. The molecule has 0 aliphatic carbocycles. The Morgan fingerprint density at radius 3 is 2.58 bits per heavy atom. The van der Waals surface area contributed by atoms with Crippen LogP contribution in [-0.4, -0.2) is 15.9 Å². The topological polar surface area (TPSA) is 54.9 Å². The van der Waals surface area contributed by atoms with Crippen LogP contribution in [0.4, 0.5) is 14.5 Å². The highest BCUT2D eigenvalue weighted by Crippen LogP contribution is 2.23. The van der Waals surface area contributed by atoms with Gasteiger partial charge in [-0.15, -0.1) is 0 Å². The quantitative estimate of drug-likeness (QED) is 0.846. The molecule has 1 heterocycles. The maximum absolute atomic E-state index is 13.4. The minimum absolute atomic E-state index is 0.0337. The van der Waals surface area contributed by atoms with Crippen molar-refractivity contribution in [2.45, 2.75) is 0 Å². The first-order valence-electron chi connectivity index (χ1n) is 4.91. The molecule has 0 atom stereocenters. The second-order valence-electron chi connectivity index (χ2n) is 3.42. The minimum Gasteiger partial charge on any atom is -0.318 e. The van der Waals surface area contributed by atoms with Crippen molar-refractivity contribution in [1.29, 1.82) is 0 Å². The fourth-order valence-electron chi connectivity index (χ4n) is 1.23. The second-order valence-corrected chi connectivity index (χ2v) is 4.67. The molecule has 0 saturated carbocycles. The lowest BCUT2D eigenvalue weighted by atomic mass is 10.3. The number of aromatic nitrogens is 2. The summed E-state index contributed by atoms with van der Waals surface area (Å²) in [5, 5.41) is 2.39. The molecule has 0 aliphatic rings. The van der Waals surface area contributed by atoms with Crippen LogP contribution in [0.5, 0.6) is 0 Å². The van der Waals surface area contributed by atoms with Gasteiger partial charge in [0.25, 0.3) is 5.91 Å². The molecular weight excluding hydrogens is 343 g/mol. The van der Waals surface area contributed by atoms with Crippen LogP contribution in [0.15, 0.2) is 29.0 Å². The average molecular weight is 349 g/mol. The number of carbonyl (C=O) groups excluding carboxylic acids is 1. The van der Waals surface area contributed by atoms with Gasteiger partial charge >= 0.3 is 0 Å². The van der Waals surface area contributed by atoms with Gasteiger partial charge in [0.2, 0.25) is 0 Å². The number of nitrogens with one attached hydrogen (secondary N) is 1. The molecule has 2 rings (SSSR count). The molecule has 98 valence electrons. The summed E-state index contributed by atoms with van der Waals surface area (Å²) in [5.74, 6) is -2.33. The highest BCUT2D eigenvalue weighted by atomic mass is 79.9. The molecule has 0 saturated heterocycles. The van der Waals surface area contributed by atoms with E-state index in [1.165, 1.54) is 6.20 Å². The number of hydrogen-bond donors (Lipinski definition) is 1. The van der Waals surface area contributed by atoms with Gasteiger partial charge in [-0.05, 0) is 22.0 Å². The lowest BCUT2D eigenvalue weighted by molar-refractivity contribution is 0.102. The van der Waals surface area contributed by atoms with Crippen molar-refractivity contribution in [3.63, 3.8) is 0 Å². The largest absolute Gasteiger partial charge is 0.318 e. The van der Waals surface area contributed by atoms with Crippen LogP contribution in [0.25, 0.3) is 0 Å². The van der Waals surface area contributed by atoms with Crippen LogP contribution in [0.2, 0.25) is 5.15 Å². The van der Waals surface area contributed by atoms with E-state index in [9.17, 15) is 13.6 Å². The zero-order valence-corrected chi connectivity index (χ0v) is 11.5. The maximum Gasteiger partial charge on any atom is 0.275 e. The van der Waals surface area contributed by atoms with Crippen molar-refractivity contribution in [2.75, 3.05) is 5.32 Å². The van der Waals surface area contributed by atoms with Gasteiger partial charge in [0.05, 0.1) is 22.6 Å². The third-order valence-electron chi connectivity index (χ3n) is 2.11. The second kappa shape index (κ2) is 5.58. The van der Waals surface area contributed by atoms with Crippen LogP contribution in [-0.2, 0) is 0 Å². The molecule has 0 spiro atoms. The summed E-state index contributed by atoms with van der Waals surface area (Å²) in [7, 11) is 0. The van der Waals surface area contributed by atoms with E-state index in [1.54, 1.807) is 0 Å². The molecule has 0 bridgehead atoms. The number of amides is 1. The lowest BCUT2D eigenvalue weighted by Crippen LogP contribution is -2.15. The molecule has 0 radical (unpaired) electrons. The molecule has 0 fully saturated rings. The third kappa shape index (κ3) is 3.24. The van der Waals surface area contributed by atoms with Crippen LogP contribution >= 0.6 is 27.5 Å². The van der Waals surface area contributed by atoms with Gasteiger partial charge in [-0.1, -0.05) is 11.6 Å². The van der Waals surface area contributed by atoms with Crippen molar-refractivity contribution in [2.24, 2.45) is 0 Å². The predicted molar refractivity (Wildman–Crippen MR) is 69.1 cm³/mol. The Labute approximate surface area is 120 Å². The monoisotopic (exact) mass is 347 g/mol. The molecule has 1 N–H and O–H groups in total. The first kappa shape index (κ1) is 13.8. The van der Waals surface area contributed by atoms with E-state index >= 15 is 0 Å². The molecule has 19 heavy (non-hydrogen) atoms. The Hall–Kier alpha value is -1.60. The summed E-state index contributed by atoms with van der Waals surface area (Å²) in [6.45, 7) is 0. The molecule has 1 amide bonds. The van der Waals surface area contributed by atoms with Crippen molar-refractivity contribution < 1.29 is 13.6 Å². The zero-order chi connectivity index (χ0) is 14.0. The summed E-state index contributed by atoms with van der Waals surface area (Å²) >= 11 is 8.42. The fraction of sp³-hybridized carbons (Fsp3) is 0. The van der Waals surface area contributed by atoms with Crippen LogP contribution < -0.4 is 5.32 Å². The summed E-state index contributed by atoms with van der Waals surface area (Å²) in [6, 6.07) is 1.78. The Morgan fingerprint density at radius 2 is 1.95 bits per heavy atom. The number of benzene rings is 1. The van der Waals surface area contributed by atoms with E-state index in [2.05, 4.69) is 31.2 Å². The summed E-state index contributed by atoms with van der Waals surface area (Å²) in [5.41, 5.74) is -0.209. The first-order chi connectivity index (χ1) is 8.97. The Bertz CT molecular complexity index is 637. The third-order valence-corrected chi connectivity index (χ3v) is 2.91. The molecule has 1 aromatic heterocycles. The van der Waals surface area contributed by atoms with Gasteiger partial charge in [-0.2, -0.15) is 0 Å². The van der Waals surface area contributed by atoms with Gasteiger partial charge < -0.3 is 5.32 Å². The van der Waals surface area contributed by atoms with E-state index in [0.717, 1.165) is 12.3 Å². The van der Waals surface area contributed by atoms with Crippen molar-refractivity contribution in [1.82, 2.24) is 9.97 Å². The van der Waals surface area contributed by atoms with E-state index in [1.807, 2.05) is 0 Å². The molecule has 8 heteroatoms. The predicted octanol–water partition coefficient (Wildman–Crippen LogP) is 3.42. The zero-order valence-electron chi connectivity index (χ0n) is 9.12.